The lowest BCUT2D eigenvalue weighted by Gasteiger charge is -2.51. The number of benzene rings is 1. The van der Waals surface area contributed by atoms with Gasteiger partial charge in [-0.2, -0.15) is 0 Å². The van der Waals surface area contributed by atoms with Gasteiger partial charge in [-0.3, -0.25) is 14.7 Å². The van der Waals surface area contributed by atoms with E-state index >= 15 is 0 Å². The zero-order valence-corrected chi connectivity index (χ0v) is 52.9. The van der Waals surface area contributed by atoms with Crippen LogP contribution in [0.2, 0.25) is 0 Å². The summed E-state index contributed by atoms with van der Waals surface area (Å²) in [5.41, 5.74) is 8.13. The SMILES string of the molecule is CC(C)(C)C1CCC2(CC1)CCC(C(C)(C)C)CC2.CC(C)(C)C1CCC2(CC1)CCN(C(C)(C)C)CC2.CC(C)(C)N1CCC2(CC1)CCN(C(C)(C)C)CC2.CC(C)(C)c1ccc(C(C)(C)C)cc1. The van der Waals surface area contributed by atoms with E-state index in [1.807, 2.05) is 0 Å². The molecule has 3 saturated heterocycles. The van der Waals surface area contributed by atoms with Gasteiger partial charge in [0.2, 0.25) is 0 Å². The summed E-state index contributed by atoms with van der Waals surface area (Å²) < 4.78 is 0. The first kappa shape index (κ1) is 62.6. The molecule has 414 valence electrons. The molecule has 6 fully saturated rings. The second-order valence-corrected chi connectivity index (χ2v) is 34.0. The fraction of sp³-hybridized carbons (Fsp3) is 0.912. The summed E-state index contributed by atoms with van der Waals surface area (Å²) in [6, 6.07) is 9.00. The molecular weight excluding hydrogens is 859 g/mol. The Hall–Kier alpha value is -0.900. The Balaban J connectivity index is 0.000000207. The highest BCUT2D eigenvalue weighted by atomic mass is 15.2. The van der Waals surface area contributed by atoms with Gasteiger partial charge in [0.25, 0.3) is 0 Å². The van der Waals surface area contributed by atoms with Gasteiger partial charge in [0, 0.05) is 16.6 Å². The van der Waals surface area contributed by atoms with Crippen LogP contribution in [0, 0.1) is 50.2 Å². The lowest BCUT2D eigenvalue weighted by Crippen LogP contribution is -2.54. The third kappa shape index (κ3) is 18.7. The number of nitrogens with zero attached hydrogens (tertiary/aromatic N) is 3. The molecule has 0 aromatic heterocycles. The van der Waals surface area contributed by atoms with E-state index in [1.54, 1.807) is 0 Å². The van der Waals surface area contributed by atoms with Gasteiger partial charge in [-0.05, 0) is 289 Å². The van der Waals surface area contributed by atoms with Gasteiger partial charge < -0.3 is 0 Å². The van der Waals surface area contributed by atoms with Crippen LogP contribution in [-0.4, -0.2) is 70.6 Å². The van der Waals surface area contributed by atoms with Crippen molar-refractivity contribution in [1.29, 1.82) is 0 Å². The molecule has 0 bridgehead atoms. The van der Waals surface area contributed by atoms with Crippen molar-refractivity contribution in [3.8, 4) is 0 Å². The number of piperidine rings is 3. The second-order valence-electron chi connectivity index (χ2n) is 34.0. The zero-order valence-electron chi connectivity index (χ0n) is 52.9. The summed E-state index contributed by atoms with van der Waals surface area (Å²) in [5, 5.41) is 0. The van der Waals surface area contributed by atoms with E-state index < -0.39 is 0 Å². The van der Waals surface area contributed by atoms with Crippen molar-refractivity contribution in [2.45, 2.75) is 309 Å². The number of rotatable bonds is 0. The molecule has 3 spiro atoms. The Labute approximate surface area is 446 Å². The quantitative estimate of drug-likeness (QED) is 0.256. The first-order valence-corrected chi connectivity index (χ1v) is 30.4. The lowest BCUT2D eigenvalue weighted by molar-refractivity contribution is -0.0162. The average Bonchev–Trinajstić information content (AvgIpc) is 3.23. The minimum Gasteiger partial charge on any atom is -0.298 e. The standard InChI is InChI=1S/C19H36.C18H35N.C17H34N2.C14H22/c1-17(2,3)15-7-11-19(12-8-15)13-9-16(10-14-19)18(4,5)6;1-16(2,3)15-7-9-18(10-8-15)11-13-19(14-12-18)17(4,5)6;1-15(2,3)18-11-7-17(8-12-18)9-13-19(14-10-17)16(4,5)6;1-13(2,3)11-7-9-12(10-8-11)14(4,5)6/h15-16H,7-14H2,1-6H3;15H,7-14H2,1-6H3;7-14H2,1-6H3;7-10H,1-6H3. The Morgan fingerprint density at radius 2 is 0.451 bits per heavy atom. The third-order valence-electron chi connectivity index (χ3n) is 20.7. The van der Waals surface area contributed by atoms with Gasteiger partial charge in [-0.15, -0.1) is 0 Å². The zero-order chi connectivity index (χ0) is 53.9. The van der Waals surface area contributed by atoms with Crippen LogP contribution < -0.4 is 0 Å². The summed E-state index contributed by atoms with van der Waals surface area (Å²) in [7, 11) is 0. The van der Waals surface area contributed by atoms with Crippen LogP contribution in [0.3, 0.4) is 0 Å². The highest BCUT2D eigenvalue weighted by Crippen LogP contribution is 2.55. The van der Waals surface area contributed by atoms with Crippen LogP contribution >= 0.6 is 0 Å². The number of hydrogen-bond donors (Lipinski definition) is 0. The van der Waals surface area contributed by atoms with Gasteiger partial charge >= 0.3 is 0 Å². The highest BCUT2D eigenvalue weighted by Gasteiger charge is 2.45. The molecule has 6 aliphatic rings. The molecule has 3 heterocycles. The van der Waals surface area contributed by atoms with Gasteiger partial charge in [-0.25, -0.2) is 0 Å². The maximum absolute atomic E-state index is 2.69. The van der Waals surface area contributed by atoms with E-state index in [-0.39, 0.29) is 10.8 Å². The van der Waals surface area contributed by atoms with Crippen LogP contribution in [0.4, 0.5) is 0 Å². The highest BCUT2D eigenvalue weighted by molar-refractivity contribution is 5.31. The van der Waals surface area contributed by atoms with E-state index in [0.29, 0.717) is 43.7 Å². The van der Waals surface area contributed by atoms with Crippen molar-refractivity contribution < 1.29 is 0 Å². The van der Waals surface area contributed by atoms with Gasteiger partial charge in [0.15, 0.2) is 0 Å². The molecule has 3 heteroatoms. The van der Waals surface area contributed by atoms with Crippen molar-refractivity contribution in [3.63, 3.8) is 0 Å². The summed E-state index contributed by atoms with van der Waals surface area (Å²) in [5.74, 6) is 2.90. The summed E-state index contributed by atoms with van der Waals surface area (Å²) in [4.78, 5) is 8.04. The van der Waals surface area contributed by atoms with E-state index in [2.05, 4.69) is 205 Å². The Morgan fingerprint density at radius 1 is 0.282 bits per heavy atom. The largest absolute Gasteiger partial charge is 0.298 e. The molecule has 3 saturated carbocycles. The molecule has 1 aromatic rings. The van der Waals surface area contributed by atoms with Crippen LogP contribution in [0.5, 0.6) is 0 Å². The molecule has 3 nitrogen and oxygen atoms in total. The van der Waals surface area contributed by atoms with E-state index in [9.17, 15) is 0 Å². The van der Waals surface area contributed by atoms with Gasteiger partial charge in [0.1, 0.15) is 0 Å². The molecule has 0 amide bonds. The minimum atomic E-state index is 0.260. The molecule has 3 aliphatic carbocycles. The third-order valence-corrected chi connectivity index (χ3v) is 20.7. The maximum Gasteiger partial charge on any atom is 0.0125 e. The maximum atomic E-state index is 2.69. The molecule has 7 rings (SSSR count). The van der Waals surface area contributed by atoms with E-state index in [0.717, 1.165) is 23.2 Å². The number of hydrogen-bond acceptors (Lipinski definition) is 3. The molecule has 3 aliphatic heterocycles. The predicted molar refractivity (Wildman–Crippen MR) is 317 cm³/mol. The minimum absolute atomic E-state index is 0.260. The van der Waals surface area contributed by atoms with Crippen LogP contribution in [0.15, 0.2) is 24.3 Å². The second kappa shape index (κ2) is 23.4. The molecular formula is C68H127N3. The fourth-order valence-electron chi connectivity index (χ4n) is 14.2. The first-order chi connectivity index (χ1) is 32.1. The van der Waals surface area contributed by atoms with Crippen LogP contribution in [0.1, 0.15) is 293 Å². The van der Waals surface area contributed by atoms with Crippen LogP contribution in [0.25, 0.3) is 0 Å². The van der Waals surface area contributed by atoms with Crippen molar-refractivity contribution >= 4 is 0 Å². The monoisotopic (exact) mass is 986 g/mol. The fourth-order valence-corrected chi connectivity index (χ4v) is 14.2. The van der Waals surface area contributed by atoms with Crippen LogP contribution in [-0.2, 0) is 10.8 Å². The predicted octanol–water partition coefficient (Wildman–Crippen LogP) is 19.6. The Morgan fingerprint density at radius 3 is 0.606 bits per heavy atom. The summed E-state index contributed by atoms with van der Waals surface area (Å²) >= 11 is 0. The summed E-state index contributed by atoms with van der Waals surface area (Å²) in [6.45, 7) is 64.5. The van der Waals surface area contributed by atoms with E-state index in [4.69, 9.17) is 0 Å². The van der Waals surface area contributed by atoms with E-state index in [1.165, 1.54) is 166 Å². The molecule has 0 N–H and O–H groups in total. The average molecular weight is 987 g/mol. The lowest BCUT2D eigenvalue weighted by atomic mass is 9.56. The smallest absolute Gasteiger partial charge is 0.0125 e. The summed E-state index contributed by atoms with van der Waals surface area (Å²) in [6.07, 6.45) is 26.5. The molecule has 0 unspecified atom stereocenters. The molecule has 71 heavy (non-hydrogen) atoms. The van der Waals surface area contributed by atoms with Crippen molar-refractivity contribution in [2.24, 2.45) is 50.2 Å². The molecule has 1 aromatic carbocycles. The Kier molecular flexibility index (Phi) is 20.6. The van der Waals surface area contributed by atoms with Crippen molar-refractivity contribution in [1.82, 2.24) is 14.7 Å². The molecule has 0 radical (unpaired) electrons. The first-order valence-electron chi connectivity index (χ1n) is 30.4. The van der Waals surface area contributed by atoms with Gasteiger partial charge in [-0.1, -0.05) is 128 Å². The normalized spacial score (nSPS) is 27.0. The number of likely N-dealkylation sites (tertiary alicyclic amines) is 3. The topological polar surface area (TPSA) is 9.72 Å². The molecule has 0 atom stereocenters. The Bertz CT molecular complexity index is 1380. The van der Waals surface area contributed by atoms with Crippen molar-refractivity contribution in [2.75, 3.05) is 39.3 Å². The van der Waals surface area contributed by atoms with Crippen molar-refractivity contribution in [3.05, 3.63) is 35.4 Å². The van der Waals surface area contributed by atoms with Gasteiger partial charge in [0.05, 0.1) is 0 Å².